The molecule has 0 aliphatic carbocycles. The number of carbonyl (C=O) groups is 2. The van der Waals surface area contributed by atoms with Crippen molar-refractivity contribution in [2.75, 3.05) is 0 Å². The van der Waals surface area contributed by atoms with Crippen molar-refractivity contribution in [2.24, 2.45) is 0 Å². The Morgan fingerprint density at radius 2 is 1.73 bits per heavy atom. The summed E-state index contributed by atoms with van der Waals surface area (Å²) in [6.07, 6.45) is 0. The first-order valence-electron chi connectivity index (χ1n) is 6.63. The molecule has 5 heteroatoms. The minimum absolute atomic E-state index is 0.232. The van der Waals surface area contributed by atoms with E-state index in [1.807, 2.05) is 42.5 Å². The highest BCUT2D eigenvalue weighted by Crippen LogP contribution is 2.41. The Morgan fingerprint density at radius 1 is 1.09 bits per heavy atom. The molecule has 3 nitrogen and oxygen atoms in total. The summed E-state index contributed by atoms with van der Waals surface area (Å²) in [6, 6.07) is 15.3. The van der Waals surface area contributed by atoms with E-state index in [4.69, 9.17) is 0 Å². The van der Waals surface area contributed by atoms with Gasteiger partial charge in [0.25, 0.3) is 0 Å². The lowest BCUT2D eigenvalue weighted by Gasteiger charge is -2.25. The summed E-state index contributed by atoms with van der Waals surface area (Å²) in [4.78, 5) is 23.1. The van der Waals surface area contributed by atoms with Gasteiger partial charge in [-0.2, -0.15) is 0 Å². The van der Waals surface area contributed by atoms with Gasteiger partial charge >= 0.3 is 5.97 Å². The van der Waals surface area contributed by atoms with E-state index >= 15 is 0 Å². The Morgan fingerprint density at radius 3 is 2.23 bits per heavy atom. The van der Waals surface area contributed by atoms with Gasteiger partial charge in [-0.05, 0) is 29.7 Å². The van der Waals surface area contributed by atoms with Crippen LogP contribution in [-0.4, -0.2) is 16.2 Å². The van der Waals surface area contributed by atoms with Crippen molar-refractivity contribution in [2.45, 2.75) is 18.6 Å². The topological polar surface area (TPSA) is 54.4 Å². The third kappa shape index (κ3) is 3.42. The molecular formula is C17H15BrO3S. The molecule has 0 saturated heterocycles. The lowest BCUT2D eigenvalue weighted by Crippen LogP contribution is -2.30. The standard InChI is InChI=1S/C17H15BrO3S/c1-11(19)22-17(2,16(20)21)14-9-8-13(10-15(14)18)12-6-4-3-5-7-12/h3-10H,1-2H3,(H,20,21). The van der Waals surface area contributed by atoms with Crippen LogP contribution in [0.2, 0.25) is 0 Å². The van der Waals surface area contributed by atoms with Crippen molar-refractivity contribution in [3.63, 3.8) is 0 Å². The van der Waals surface area contributed by atoms with E-state index in [2.05, 4.69) is 15.9 Å². The first-order valence-corrected chi connectivity index (χ1v) is 8.24. The smallest absolute Gasteiger partial charge is 0.324 e. The van der Waals surface area contributed by atoms with Crippen LogP contribution in [0.5, 0.6) is 0 Å². The molecule has 1 unspecified atom stereocenters. The zero-order valence-electron chi connectivity index (χ0n) is 12.2. The molecule has 0 spiro atoms. The van der Waals surface area contributed by atoms with Gasteiger partial charge in [-0.3, -0.25) is 9.59 Å². The summed E-state index contributed by atoms with van der Waals surface area (Å²) in [7, 11) is 0. The second-order valence-electron chi connectivity index (χ2n) is 4.99. The van der Waals surface area contributed by atoms with Crippen LogP contribution in [0.15, 0.2) is 53.0 Å². The SMILES string of the molecule is CC(=O)SC(C)(C(=O)O)c1ccc(-c2ccccc2)cc1Br. The molecule has 22 heavy (non-hydrogen) atoms. The predicted molar refractivity (Wildman–Crippen MR) is 92.8 cm³/mol. The Balaban J connectivity index is 2.49. The van der Waals surface area contributed by atoms with Gasteiger partial charge < -0.3 is 5.11 Å². The van der Waals surface area contributed by atoms with Crippen LogP contribution in [0.3, 0.4) is 0 Å². The lowest BCUT2D eigenvalue weighted by atomic mass is 9.97. The zero-order valence-corrected chi connectivity index (χ0v) is 14.6. The molecule has 0 bridgehead atoms. The van der Waals surface area contributed by atoms with Crippen LogP contribution in [0, 0.1) is 0 Å². The number of hydrogen-bond acceptors (Lipinski definition) is 3. The number of aliphatic carboxylic acids is 1. The van der Waals surface area contributed by atoms with Crippen LogP contribution in [0.25, 0.3) is 11.1 Å². The fraction of sp³-hybridized carbons (Fsp3) is 0.176. The monoisotopic (exact) mass is 378 g/mol. The van der Waals surface area contributed by atoms with Gasteiger partial charge in [-0.15, -0.1) is 0 Å². The van der Waals surface area contributed by atoms with Gasteiger partial charge in [0.15, 0.2) is 5.12 Å². The molecule has 0 fully saturated rings. The van der Waals surface area contributed by atoms with E-state index in [1.54, 1.807) is 13.0 Å². The fourth-order valence-electron chi connectivity index (χ4n) is 2.21. The summed E-state index contributed by atoms with van der Waals surface area (Å²) < 4.78 is -0.646. The van der Waals surface area contributed by atoms with Crippen molar-refractivity contribution in [1.29, 1.82) is 0 Å². The van der Waals surface area contributed by atoms with E-state index in [0.29, 0.717) is 10.0 Å². The quantitative estimate of drug-likeness (QED) is 0.837. The van der Waals surface area contributed by atoms with Crippen LogP contribution in [0.4, 0.5) is 0 Å². The highest BCUT2D eigenvalue weighted by molar-refractivity contribution is 9.10. The zero-order chi connectivity index (χ0) is 16.3. The van der Waals surface area contributed by atoms with Gasteiger partial charge in [0.2, 0.25) is 0 Å². The average molecular weight is 379 g/mol. The maximum Gasteiger partial charge on any atom is 0.324 e. The highest BCUT2D eigenvalue weighted by atomic mass is 79.9. The number of hydrogen-bond donors (Lipinski definition) is 1. The Kier molecular flexibility index (Phi) is 5.08. The minimum Gasteiger partial charge on any atom is -0.480 e. The number of carbonyl (C=O) groups excluding carboxylic acids is 1. The van der Waals surface area contributed by atoms with E-state index in [1.165, 1.54) is 6.92 Å². The second-order valence-corrected chi connectivity index (χ2v) is 7.44. The normalized spacial score (nSPS) is 13.4. The summed E-state index contributed by atoms with van der Waals surface area (Å²) >= 11 is 4.26. The van der Waals surface area contributed by atoms with Crippen molar-refractivity contribution < 1.29 is 14.7 Å². The number of carboxylic acid groups (broad SMARTS) is 1. The third-order valence-corrected chi connectivity index (χ3v) is 5.09. The molecule has 2 aromatic carbocycles. The average Bonchev–Trinajstić information content (AvgIpc) is 2.47. The van der Waals surface area contributed by atoms with Crippen molar-refractivity contribution in [1.82, 2.24) is 0 Å². The van der Waals surface area contributed by atoms with E-state index < -0.39 is 10.7 Å². The summed E-state index contributed by atoms with van der Waals surface area (Å²) in [5.74, 6) is -1.04. The largest absolute Gasteiger partial charge is 0.480 e. The number of thioether (sulfide) groups is 1. The molecule has 2 aromatic rings. The van der Waals surface area contributed by atoms with Crippen LogP contribution in [0.1, 0.15) is 19.4 Å². The number of rotatable bonds is 4. The van der Waals surface area contributed by atoms with Gasteiger partial charge in [0, 0.05) is 11.4 Å². The van der Waals surface area contributed by atoms with E-state index in [0.717, 1.165) is 22.9 Å². The Hall–Kier alpha value is -1.59. The van der Waals surface area contributed by atoms with Gasteiger partial charge in [-0.1, -0.05) is 70.2 Å². The molecule has 0 aliphatic heterocycles. The van der Waals surface area contributed by atoms with Crippen LogP contribution in [-0.2, 0) is 14.3 Å². The molecule has 0 aliphatic rings. The lowest BCUT2D eigenvalue weighted by molar-refractivity contribution is -0.139. The summed E-state index contributed by atoms with van der Waals surface area (Å²) in [5, 5.41) is 9.32. The number of carboxylic acids is 1. The molecule has 0 amide bonds. The number of halogens is 1. The Labute approximate surface area is 141 Å². The maximum atomic E-state index is 11.7. The van der Waals surface area contributed by atoms with Gasteiger partial charge in [-0.25, -0.2) is 0 Å². The van der Waals surface area contributed by atoms with Gasteiger partial charge in [0.05, 0.1) is 0 Å². The van der Waals surface area contributed by atoms with E-state index in [-0.39, 0.29) is 5.12 Å². The first kappa shape index (κ1) is 16.8. The first-order chi connectivity index (χ1) is 10.3. The van der Waals surface area contributed by atoms with Crippen molar-refractivity contribution in [3.8, 4) is 11.1 Å². The molecule has 114 valence electrons. The predicted octanol–water partition coefficient (Wildman–Crippen LogP) is 4.70. The van der Waals surface area contributed by atoms with Crippen LogP contribution >= 0.6 is 27.7 Å². The Bertz CT molecular complexity index is 715. The molecular weight excluding hydrogens is 364 g/mol. The molecule has 0 saturated carbocycles. The molecule has 2 rings (SSSR count). The van der Waals surface area contributed by atoms with Crippen molar-refractivity contribution >= 4 is 38.8 Å². The second kappa shape index (κ2) is 6.67. The summed E-state index contributed by atoms with van der Waals surface area (Å²) in [5.41, 5.74) is 2.60. The molecule has 0 radical (unpaired) electrons. The van der Waals surface area contributed by atoms with E-state index in [9.17, 15) is 14.7 Å². The molecule has 1 N–H and O–H groups in total. The van der Waals surface area contributed by atoms with Gasteiger partial charge in [0.1, 0.15) is 4.75 Å². The molecule has 1 atom stereocenters. The summed E-state index contributed by atoms with van der Waals surface area (Å²) in [6.45, 7) is 2.92. The van der Waals surface area contributed by atoms with Crippen LogP contribution < -0.4 is 0 Å². The van der Waals surface area contributed by atoms with Crippen molar-refractivity contribution in [3.05, 3.63) is 58.6 Å². The fourth-order valence-corrected chi connectivity index (χ4v) is 4.07. The molecule has 0 aromatic heterocycles. The number of benzene rings is 2. The maximum absolute atomic E-state index is 11.7. The highest BCUT2D eigenvalue weighted by Gasteiger charge is 2.39. The molecule has 0 heterocycles. The third-order valence-electron chi connectivity index (χ3n) is 3.35. The minimum atomic E-state index is -1.32.